The van der Waals surface area contributed by atoms with Crippen LogP contribution >= 0.6 is 11.6 Å². The topological polar surface area (TPSA) is 79.0 Å². The van der Waals surface area contributed by atoms with E-state index in [4.69, 9.17) is 16.3 Å². The molecule has 1 aliphatic heterocycles. The second-order valence-electron chi connectivity index (χ2n) is 6.86. The quantitative estimate of drug-likeness (QED) is 0.505. The Morgan fingerprint density at radius 2 is 1.97 bits per heavy atom. The third-order valence-corrected chi connectivity index (χ3v) is 5.29. The molecule has 7 nitrogen and oxygen atoms in total. The highest BCUT2D eigenvalue weighted by Crippen LogP contribution is 2.32. The fraction of sp³-hybridized carbons (Fsp3) is 0.190. The van der Waals surface area contributed by atoms with E-state index in [2.05, 4.69) is 30.2 Å². The van der Waals surface area contributed by atoms with Gasteiger partial charge in [0.05, 0.1) is 41.2 Å². The highest BCUT2D eigenvalue weighted by atomic mass is 35.5. The zero-order valence-electron chi connectivity index (χ0n) is 15.9. The van der Waals surface area contributed by atoms with Crippen molar-refractivity contribution < 1.29 is 9.13 Å². The van der Waals surface area contributed by atoms with Gasteiger partial charge in [0.2, 0.25) is 0 Å². The summed E-state index contributed by atoms with van der Waals surface area (Å²) in [6.07, 6.45) is 3.47. The molecule has 1 aliphatic rings. The first-order valence-electron chi connectivity index (χ1n) is 9.54. The van der Waals surface area contributed by atoms with E-state index in [0.29, 0.717) is 28.5 Å². The molecule has 0 saturated carbocycles. The number of nitrogens with one attached hydrogen (secondary N) is 2. The standard InChI is InChI=1S/C21H18ClFN6O/c22-14-2-1-3-15(23)18(14)20-26-16-6-7-24-21(19(16)28-20)27-17-5-4-13(12-25-17)29-8-10-30-11-9-29/h1-7,12H,8-11H2,(H,26,28)(H,24,25,27). The van der Waals surface area contributed by atoms with Gasteiger partial charge in [-0.15, -0.1) is 0 Å². The minimum atomic E-state index is -0.440. The number of nitrogens with zero attached hydrogens (tertiary/aromatic N) is 4. The first-order valence-corrected chi connectivity index (χ1v) is 9.92. The van der Waals surface area contributed by atoms with Gasteiger partial charge in [-0.3, -0.25) is 0 Å². The second kappa shape index (κ2) is 7.89. The third kappa shape index (κ3) is 3.55. The maximum Gasteiger partial charge on any atom is 0.159 e. The normalized spacial score (nSPS) is 14.3. The summed E-state index contributed by atoms with van der Waals surface area (Å²) in [4.78, 5) is 18.8. The number of aromatic amines is 1. The molecule has 0 amide bonds. The zero-order chi connectivity index (χ0) is 20.5. The summed E-state index contributed by atoms with van der Waals surface area (Å²) in [5.74, 6) is 1.07. The molecule has 152 valence electrons. The van der Waals surface area contributed by atoms with Gasteiger partial charge < -0.3 is 19.9 Å². The van der Waals surface area contributed by atoms with Gasteiger partial charge in [-0.05, 0) is 30.3 Å². The van der Waals surface area contributed by atoms with E-state index >= 15 is 0 Å². The van der Waals surface area contributed by atoms with E-state index in [1.54, 1.807) is 24.4 Å². The summed E-state index contributed by atoms with van der Waals surface area (Å²) in [5, 5.41) is 3.49. The lowest BCUT2D eigenvalue weighted by Crippen LogP contribution is -2.36. The first-order chi connectivity index (χ1) is 14.7. The predicted molar refractivity (Wildman–Crippen MR) is 115 cm³/mol. The van der Waals surface area contributed by atoms with Crippen LogP contribution in [-0.2, 0) is 4.74 Å². The molecule has 1 fully saturated rings. The largest absolute Gasteiger partial charge is 0.378 e. The van der Waals surface area contributed by atoms with Gasteiger partial charge in [0.15, 0.2) is 5.82 Å². The van der Waals surface area contributed by atoms with E-state index in [-0.39, 0.29) is 10.6 Å². The lowest BCUT2D eigenvalue weighted by molar-refractivity contribution is 0.122. The number of aromatic nitrogens is 4. The number of imidazole rings is 1. The van der Waals surface area contributed by atoms with E-state index in [1.165, 1.54) is 6.07 Å². The lowest BCUT2D eigenvalue weighted by Gasteiger charge is -2.28. The first kappa shape index (κ1) is 18.8. The van der Waals surface area contributed by atoms with Crippen LogP contribution in [-0.4, -0.2) is 46.2 Å². The van der Waals surface area contributed by atoms with Gasteiger partial charge in [0, 0.05) is 19.3 Å². The zero-order valence-corrected chi connectivity index (χ0v) is 16.7. The summed E-state index contributed by atoms with van der Waals surface area (Å²) < 4.78 is 19.7. The molecule has 0 radical (unpaired) electrons. The summed E-state index contributed by atoms with van der Waals surface area (Å²) in [7, 11) is 0. The van der Waals surface area contributed by atoms with E-state index in [1.807, 2.05) is 18.3 Å². The SMILES string of the molecule is Fc1cccc(Cl)c1-c1nc2c(Nc3ccc(N4CCOCC4)cn3)nccc2[nH]1. The number of hydrogen-bond acceptors (Lipinski definition) is 6. The van der Waals surface area contributed by atoms with Crippen molar-refractivity contribution in [2.75, 3.05) is 36.5 Å². The average Bonchev–Trinajstić information content (AvgIpc) is 3.20. The van der Waals surface area contributed by atoms with Crippen LogP contribution in [0.15, 0.2) is 48.8 Å². The van der Waals surface area contributed by atoms with Gasteiger partial charge in [0.25, 0.3) is 0 Å². The van der Waals surface area contributed by atoms with Crippen molar-refractivity contribution in [1.82, 2.24) is 19.9 Å². The van der Waals surface area contributed by atoms with Crippen molar-refractivity contribution in [3.63, 3.8) is 0 Å². The Balaban J connectivity index is 1.44. The predicted octanol–water partition coefficient (Wildman–Crippen LogP) is 4.39. The average molecular weight is 425 g/mol. The van der Waals surface area contributed by atoms with Crippen LogP contribution in [0.25, 0.3) is 22.4 Å². The highest BCUT2D eigenvalue weighted by Gasteiger charge is 2.16. The Hall–Kier alpha value is -3.23. The molecular weight excluding hydrogens is 407 g/mol. The molecule has 30 heavy (non-hydrogen) atoms. The Morgan fingerprint density at radius 1 is 1.10 bits per heavy atom. The Kier molecular flexibility index (Phi) is 4.94. The number of fused-ring (bicyclic) bond motifs is 1. The van der Waals surface area contributed by atoms with Crippen LogP contribution in [0.3, 0.4) is 0 Å². The number of ether oxygens (including phenoxy) is 1. The molecule has 1 aromatic carbocycles. The molecule has 5 rings (SSSR count). The van der Waals surface area contributed by atoms with Crippen molar-refractivity contribution in [3.05, 3.63) is 59.6 Å². The molecule has 0 bridgehead atoms. The monoisotopic (exact) mass is 424 g/mol. The van der Waals surface area contributed by atoms with Gasteiger partial charge in [-0.1, -0.05) is 17.7 Å². The summed E-state index contributed by atoms with van der Waals surface area (Å²) in [5.41, 5.74) is 2.57. The Bertz CT molecular complexity index is 1170. The molecule has 0 aliphatic carbocycles. The van der Waals surface area contributed by atoms with Crippen molar-refractivity contribution >= 4 is 40.0 Å². The number of morpholine rings is 1. The number of H-pyrrole nitrogens is 1. The van der Waals surface area contributed by atoms with Crippen LogP contribution in [0.2, 0.25) is 5.02 Å². The summed E-state index contributed by atoms with van der Waals surface area (Å²) in [6, 6.07) is 10.2. The van der Waals surface area contributed by atoms with Crippen molar-refractivity contribution in [2.24, 2.45) is 0 Å². The highest BCUT2D eigenvalue weighted by molar-refractivity contribution is 6.33. The lowest BCUT2D eigenvalue weighted by atomic mass is 10.2. The van der Waals surface area contributed by atoms with Crippen molar-refractivity contribution in [2.45, 2.75) is 0 Å². The number of anilines is 3. The smallest absolute Gasteiger partial charge is 0.159 e. The van der Waals surface area contributed by atoms with E-state index in [9.17, 15) is 4.39 Å². The van der Waals surface area contributed by atoms with Crippen LogP contribution in [0, 0.1) is 5.82 Å². The number of pyridine rings is 2. The number of halogens is 2. The molecule has 1 saturated heterocycles. The van der Waals surface area contributed by atoms with Gasteiger partial charge >= 0.3 is 0 Å². The second-order valence-corrected chi connectivity index (χ2v) is 7.27. The third-order valence-electron chi connectivity index (χ3n) is 4.97. The summed E-state index contributed by atoms with van der Waals surface area (Å²) >= 11 is 6.19. The molecule has 4 heterocycles. The molecule has 0 atom stereocenters. The van der Waals surface area contributed by atoms with Crippen LogP contribution in [0.1, 0.15) is 0 Å². The molecular formula is C21H18ClFN6O. The van der Waals surface area contributed by atoms with Gasteiger partial charge in [-0.25, -0.2) is 19.3 Å². The number of hydrogen-bond donors (Lipinski definition) is 2. The van der Waals surface area contributed by atoms with Crippen molar-refractivity contribution in [3.8, 4) is 11.4 Å². The van der Waals surface area contributed by atoms with Gasteiger partial charge in [-0.2, -0.15) is 0 Å². The van der Waals surface area contributed by atoms with Gasteiger partial charge in [0.1, 0.15) is 23.0 Å². The summed E-state index contributed by atoms with van der Waals surface area (Å²) in [6.45, 7) is 3.15. The van der Waals surface area contributed by atoms with Crippen LogP contribution in [0.4, 0.5) is 21.7 Å². The maximum absolute atomic E-state index is 14.3. The van der Waals surface area contributed by atoms with Crippen LogP contribution in [0.5, 0.6) is 0 Å². The minimum Gasteiger partial charge on any atom is -0.378 e. The minimum absolute atomic E-state index is 0.231. The van der Waals surface area contributed by atoms with Crippen molar-refractivity contribution in [1.29, 1.82) is 0 Å². The fourth-order valence-electron chi connectivity index (χ4n) is 3.46. The number of rotatable bonds is 4. The number of benzene rings is 1. The molecule has 4 aromatic rings. The van der Waals surface area contributed by atoms with E-state index in [0.717, 1.165) is 32.0 Å². The molecule has 2 N–H and O–H groups in total. The Labute approximate surface area is 176 Å². The molecule has 9 heteroatoms. The molecule has 0 unspecified atom stereocenters. The Morgan fingerprint density at radius 3 is 2.73 bits per heavy atom. The molecule has 0 spiro atoms. The fourth-order valence-corrected chi connectivity index (χ4v) is 3.71. The van der Waals surface area contributed by atoms with E-state index < -0.39 is 5.82 Å². The van der Waals surface area contributed by atoms with Crippen LogP contribution < -0.4 is 10.2 Å². The molecule has 3 aromatic heterocycles. The maximum atomic E-state index is 14.3.